The quantitative estimate of drug-likeness (QED) is 0.663. The van der Waals surface area contributed by atoms with Gasteiger partial charge in [-0.3, -0.25) is 9.59 Å². The van der Waals surface area contributed by atoms with Crippen LogP contribution in [0.4, 0.5) is 5.69 Å². The average molecular weight is 349 g/mol. The highest BCUT2D eigenvalue weighted by molar-refractivity contribution is 6.11. The molecule has 1 N–H and O–H groups in total. The van der Waals surface area contributed by atoms with Crippen LogP contribution >= 0.6 is 0 Å². The second-order valence-corrected chi connectivity index (χ2v) is 6.96. The summed E-state index contributed by atoms with van der Waals surface area (Å²) in [5.74, 6) is -0.708. The van der Waals surface area contributed by atoms with E-state index in [4.69, 9.17) is 0 Å². The number of aryl methyl sites for hydroxylation is 3. The molecule has 0 saturated carbocycles. The van der Waals surface area contributed by atoms with E-state index in [2.05, 4.69) is 6.58 Å². The lowest BCUT2D eigenvalue weighted by molar-refractivity contribution is -0.135. The van der Waals surface area contributed by atoms with Crippen LogP contribution in [0.1, 0.15) is 39.0 Å². The Bertz CT molecular complexity index is 892. The summed E-state index contributed by atoms with van der Waals surface area (Å²) in [5, 5.41) is 11.2. The first kappa shape index (κ1) is 18.1. The molecule has 4 nitrogen and oxygen atoms in total. The van der Waals surface area contributed by atoms with E-state index in [1.807, 2.05) is 39.0 Å². The van der Waals surface area contributed by atoms with Crippen molar-refractivity contribution in [2.45, 2.75) is 32.8 Å². The summed E-state index contributed by atoms with van der Waals surface area (Å²) in [6.07, 6.45) is 1.33. The number of Topliss-reactive ketones (excluding diaryl/α,β-unsaturated/α-hetero) is 1. The maximum Gasteiger partial charge on any atom is 0.264 e. The number of carbonyl (C=O) groups is 2. The van der Waals surface area contributed by atoms with Crippen molar-refractivity contribution >= 4 is 17.4 Å². The molecule has 1 amide bonds. The third-order valence-electron chi connectivity index (χ3n) is 4.92. The smallest absolute Gasteiger partial charge is 0.264 e. The van der Waals surface area contributed by atoms with Gasteiger partial charge < -0.3 is 10.0 Å². The normalized spacial score (nSPS) is 18.8. The van der Waals surface area contributed by atoms with Crippen LogP contribution in [-0.4, -0.2) is 23.3 Å². The number of aliphatic hydroxyl groups is 1. The topological polar surface area (TPSA) is 57.6 Å². The summed E-state index contributed by atoms with van der Waals surface area (Å²) in [7, 11) is 0. The summed E-state index contributed by atoms with van der Waals surface area (Å²) in [5.41, 5.74) is 2.63. The zero-order valence-electron chi connectivity index (χ0n) is 15.4. The molecule has 3 rings (SSSR count). The van der Waals surface area contributed by atoms with Crippen molar-refractivity contribution < 1.29 is 14.7 Å². The van der Waals surface area contributed by atoms with E-state index in [-0.39, 0.29) is 18.7 Å². The molecule has 26 heavy (non-hydrogen) atoms. The predicted molar refractivity (Wildman–Crippen MR) is 102 cm³/mol. The highest BCUT2D eigenvalue weighted by Crippen LogP contribution is 2.43. The fraction of sp³-hybridized carbons (Fsp3) is 0.273. The van der Waals surface area contributed by atoms with E-state index in [9.17, 15) is 14.7 Å². The molecule has 1 aliphatic rings. The fourth-order valence-electron chi connectivity index (χ4n) is 3.93. The Morgan fingerprint density at radius 3 is 2.42 bits per heavy atom. The van der Waals surface area contributed by atoms with E-state index in [1.165, 1.54) is 4.90 Å². The van der Waals surface area contributed by atoms with Crippen molar-refractivity contribution in [3.05, 3.63) is 76.9 Å². The van der Waals surface area contributed by atoms with E-state index in [0.717, 1.165) is 16.7 Å². The van der Waals surface area contributed by atoms with Crippen LogP contribution in [-0.2, 0) is 10.4 Å². The SMILES string of the molecule is C=CCN1C(=O)[C@@](O)(CC(=O)c2c(C)cc(C)cc2C)c2ccccc21. The van der Waals surface area contributed by atoms with Crippen molar-refractivity contribution in [2.75, 3.05) is 11.4 Å². The molecule has 0 spiro atoms. The molecule has 0 unspecified atom stereocenters. The van der Waals surface area contributed by atoms with Crippen LogP contribution in [0.5, 0.6) is 0 Å². The van der Waals surface area contributed by atoms with Crippen LogP contribution in [0, 0.1) is 20.8 Å². The number of fused-ring (bicyclic) bond motifs is 1. The fourth-order valence-corrected chi connectivity index (χ4v) is 3.93. The lowest BCUT2D eigenvalue weighted by Crippen LogP contribution is -2.42. The van der Waals surface area contributed by atoms with Gasteiger partial charge in [0.2, 0.25) is 0 Å². The van der Waals surface area contributed by atoms with Gasteiger partial charge in [-0.05, 0) is 38.0 Å². The van der Waals surface area contributed by atoms with Crippen molar-refractivity contribution in [3.8, 4) is 0 Å². The number of para-hydroxylation sites is 1. The minimum Gasteiger partial charge on any atom is -0.375 e. The summed E-state index contributed by atoms with van der Waals surface area (Å²) >= 11 is 0. The average Bonchev–Trinajstić information content (AvgIpc) is 2.77. The number of carbonyl (C=O) groups excluding carboxylic acids is 2. The highest BCUT2D eigenvalue weighted by Gasteiger charge is 2.50. The van der Waals surface area contributed by atoms with Crippen LogP contribution in [0.3, 0.4) is 0 Å². The first-order valence-corrected chi connectivity index (χ1v) is 8.65. The highest BCUT2D eigenvalue weighted by atomic mass is 16.3. The molecule has 2 aromatic rings. The van der Waals surface area contributed by atoms with Crippen molar-refractivity contribution in [2.24, 2.45) is 0 Å². The molecule has 1 atom stereocenters. The summed E-state index contributed by atoms with van der Waals surface area (Å²) in [6.45, 7) is 9.70. The molecule has 134 valence electrons. The first-order chi connectivity index (χ1) is 12.3. The van der Waals surface area contributed by atoms with Gasteiger partial charge >= 0.3 is 0 Å². The Balaban J connectivity index is 2.03. The van der Waals surface area contributed by atoms with Gasteiger partial charge in [0.1, 0.15) is 0 Å². The van der Waals surface area contributed by atoms with Crippen molar-refractivity contribution in [1.29, 1.82) is 0 Å². The zero-order valence-corrected chi connectivity index (χ0v) is 15.4. The maximum absolute atomic E-state index is 13.0. The predicted octanol–water partition coefficient (Wildman–Crippen LogP) is 3.61. The van der Waals surface area contributed by atoms with Crippen LogP contribution < -0.4 is 4.90 Å². The second-order valence-electron chi connectivity index (χ2n) is 6.96. The standard InChI is InChI=1S/C22H23NO3/c1-5-10-23-18-9-7-6-8-17(18)22(26,21(23)25)13-19(24)20-15(3)11-14(2)12-16(20)4/h5-9,11-12,26H,1,10,13H2,2-4H3/t22-/m1/s1. The van der Waals surface area contributed by atoms with Crippen molar-refractivity contribution in [1.82, 2.24) is 0 Å². The largest absolute Gasteiger partial charge is 0.375 e. The number of nitrogens with zero attached hydrogens (tertiary/aromatic N) is 1. The van der Waals surface area contributed by atoms with Crippen LogP contribution in [0.15, 0.2) is 49.1 Å². The van der Waals surface area contributed by atoms with Crippen LogP contribution in [0.25, 0.3) is 0 Å². The molecule has 2 aromatic carbocycles. The zero-order chi connectivity index (χ0) is 19.1. The maximum atomic E-state index is 13.0. The Labute approximate surface area is 153 Å². The molecule has 0 radical (unpaired) electrons. The molecule has 0 fully saturated rings. The van der Waals surface area contributed by atoms with Crippen molar-refractivity contribution in [3.63, 3.8) is 0 Å². The monoisotopic (exact) mass is 349 g/mol. The molecular weight excluding hydrogens is 326 g/mol. The van der Waals surface area contributed by atoms with Gasteiger partial charge in [-0.25, -0.2) is 0 Å². The van der Waals surface area contributed by atoms with Gasteiger partial charge in [-0.15, -0.1) is 6.58 Å². The van der Waals surface area contributed by atoms with E-state index in [1.54, 1.807) is 24.3 Å². The Kier molecular flexibility index (Phi) is 4.55. The Morgan fingerprint density at radius 2 is 1.81 bits per heavy atom. The lowest BCUT2D eigenvalue weighted by Gasteiger charge is -2.23. The molecule has 0 aliphatic carbocycles. The number of hydrogen-bond acceptors (Lipinski definition) is 3. The number of anilines is 1. The molecular formula is C22H23NO3. The minimum atomic E-state index is -1.85. The van der Waals surface area contributed by atoms with E-state index < -0.39 is 11.5 Å². The molecule has 1 aliphatic heterocycles. The Morgan fingerprint density at radius 1 is 1.19 bits per heavy atom. The van der Waals surface area contributed by atoms with Crippen LogP contribution in [0.2, 0.25) is 0 Å². The van der Waals surface area contributed by atoms with Gasteiger partial charge in [-0.1, -0.05) is 42.0 Å². The van der Waals surface area contributed by atoms with E-state index in [0.29, 0.717) is 16.8 Å². The number of amides is 1. The molecule has 0 saturated heterocycles. The number of hydrogen-bond donors (Lipinski definition) is 1. The van der Waals surface area contributed by atoms with Gasteiger partial charge in [0, 0.05) is 17.7 Å². The third-order valence-corrected chi connectivity index (χ3v) is 4.92. The summed E-state index contributed by atoms with van der Waals surface area (Å²) < 4.78 is 0. The molecule has 4 heteroatoms. The number of ketones is 1. The second kappa shape index (κ2) is 6.54. The molecule has 0 bridgehead atoms. The third kappa shape index (κ3) is 2.76. The number of rotatable bonds is 5. The Hall–Kier alpha value is -2.72. The summed E-state index contributed by atoms with van der Waals surface area (Å²) in [6, 6.07) is 10.9. The van der Waals surface area contributed by atoms with Gasteiger partial charge in [0.15, 0.2) is 11.4 Å². The lowest BCUT2D eigenvalue weighted by atomic mass is 9.85. The van der Waals surface area contributed by atoms with E-state index >= 15 is 0 Å². The minimum absolute atomic E-state index is 0.230. The van der Waals surface area contributed by atoms with Gasteiger partial charge in [0.05, 0.1) is 12.1 Å². The molecule has 0 aromatic heterocycles. The summed E-state index contributed by atoms with van der Waals surface area (Å²) in [4.78, 5) is 27.4. The first-order valence-electron chi connectivity index (χ1n) is 8.65. The van der Waals surface area contributed by atoms with Gasteiger partial charge in [-0.2, -0.15) is 0 Å². The molecule has 1 heterocycles. The van der Waals surface area contributed by atoms with Gasteiger partial charge in [0.25, 0.3) is 5.91 Å². The number of benzene rings is 2.